The molecule has 0 aliphatic rings. The summed E-state index contributed by atoms with van der Waals surface area (Å²) in [7, 11) is 0. The molecule has 17 heavy (non-hydrogen) atoms. The summed E-state index contributed by atoms with van der Waals surface area (Å²) >= 11 is 0. The highest BCUT2D eigenvalue weighted by atomic mass is 16.5. The van der Waals surface area contributed by atoms with Gasteiger partial charge >= 0.3 is 0 Å². The molecule has 0 heterocycles. The third-order valence-electron chi connectivity index (χ3n) is 2.71. The zero-order chi connectivity index (χ0) is 12.5. The molecule has 1 aromatic rings. The van der Waals surface area contributed by atoms with E-state index >= 15 is 0 Å². The van der Waals surface area contributed by atoms with Crippen molar-refractivity contribution in [2.45, 2.75) is 38.7 Å². The Morgan fingerprint density at radius 2 is 2.12 bits per heavy atom. The molecule has 0 aliphatic heterocycles. The van der Waals surface area contributed by atoms with Crippen molar-refractivity contribution in [1.82, 2.24) is 0 Å². The number of aliphatic hydroxyl groups excluding tert-OH is 1. The van der Waals surface area contributed by atoms with E-state index in [-0.39, 0.29) is 0 Å². The molecular weight excluding hydrogens is 214 g/mol. The summed E-state index contributed by atoms with van der Waals surface area (Å²) in [6.45, 7) is 3.25. The number of aliphatic hydroxyl groups is 1. The Bertz CT molecular complexity index is 315. The van der Waals surface area contributed by atoms with E-state index in [1.165, 1.54) is 19.3 Å². The fourth-order valence-electron chi connectivity index (χ4n) is 1.69. The van der Waals surface area contributed by atoms with Crippen LogP contribution in [0.2, 0.25) is 0 Å². The molecular formula is C14H23NO2. The highest BCUT2D eigenvalue weighted by molar-refractivity contribution is 5.41. The van der Waals surface area contributed by atoms with Crippen LogP contribution in [0.1, 0.15) is 44.3 Å². The van der Waals surface area contributed by atoms with Gasteiger partial charge in [-0.1, -0.05) is 38.3 Å². The lowest BCUT2D eigenvalue weighted by atomic mass is 10.1. The van der Waals surface area contributed by atoms with E-state index in [1.807, 2.05) is 18.2 Å². The number of hydrogen-bond donors (Lipinski definition) is 2. The summed E-state index contributed by atoms with van der Waals surface area (Å²) in [6.07, 6.45) is 4.17. The van der Waals surface area contributed by atoms with Crippen molar-refractivity contribution < 1.29 is 9.84 Å². The third-order valence-corrected chi connectivity index (χ3v) is 2.71. The molecule has 1 rings (SSSR count). The van der Waals surface area contributed by atoms with Gasteiger partial charge in [-0.25, -0.2) is 0 Å². The standard InChI is InChI=1S/C14H23NO2/c1-2-3-4-5-9-17-11-14(16)12-7-6-8-13(15)10-12/h6-8,10,14,16H,2-5,9,11,15H2,1H3. The van der Waals surface area contributed by atoms with Crippen molar-refractivity contribution in [3.05, 3.63) is 29.8 Å². The molecule has 0 saturated heterocycles. The minimum Gasteiger partial charge on any atom is -0.399 e. The molecule has 3 heteroatoms. The van der Waals surface area contributed by atoms with Crippen molar-refractivity contribution in [3.8, 4) is 0 Å². The van der Waals surface area contributed by atoms with Gasteiger partial charge in [0, 0.05) is 12.3 Å². The van der Waals surface area contributed by atoms with Crippen LogP contribution in [0.15, 0.2) is 24.3 Å². The molecule has 3 nitrogen and oxygen atoms in total. The van der Waals surface area contributed by atoms with Gasteiger partial charge < -0.3 is 15.6 Å². The summed E-state index contributed by atoms with van der Waals surface area (Å²) in [5.41, 5.74) is 7.14. The lowest BCUT2D eigenvalue weighted by molar-refractivity contribution is 0.0345. The lowest BCUT2D eigenvalue weighted by Gasteiger charge is -2.12. The highest BCUT2D eigenvalue weighted by Gasteiger charge is 2.07. The van der Waals surface area contributed by atoms with Crippen LogP contribution in [0, 0.1) is 0 Å². The van der Waals surface area contributed by atoms with Crippen LogP contribution in [0.3, 0.4) is 0 Å². The molecule has 0 saturated carbocycles. The van der Waals surface area contributed by atoms with Crippen molar-refractivity contribution in [2.24, 2.45) is 0 Å². The maximum atomic E-state index is 9.87. The Morgan fingerprint density at radius 3 is 2.82 bits per heavy atom. The SMILES string of the molecule is CCCCCCOCC(O)c1cccc(N)c1. The number of unbranched alkanes of at least 4 members (excludes halogenated alkanes) is 3. The minimum absolute atomic E-state index is 0.343. The van der Waals surface area contributed by atoms with Gasteiger partial charge in [0.15, 0.2) is 0 Å². The van der Waals surface area contributed by atoms with Crippen LogP contribution in [0.5, 0.6) is 0 Å². The van der Waals surface area contributed by atoms with Gasteiger partial charge in [0.1, 0.15) is 6.10 Å². The van der Waals surface area contributed by atoms with E-state index in [2.05, 4.69) is 6.92 Å². The first-order chi connectivity index (χ1) is 8.24. The van der Waals surface area contributed by atoms with E-state index in [0.29, 0.717) is 12.3 Å². The van der Waals surface area contributed by atoms with Crippen LogP contribution >= 0.6 is 0 Å². The zero-order valence-corrected chi connectivity index (χ0v) is 10.6. The first-order valence-electron chi connectivity index (χ1n) is 6.35. The predicted molar refractivity (Wildman–Crippen MR) is 70.8 cm³/mol. The first-order valence-corrected chi connectivity index (χ1v) is 6.35. The molecule has 0 radical (unpaired) electrons. The van der Waals surface area contributed by atoms with Gasteiger partial charge in [0.2, 0.25) is 0 Å². The summed E-state index contributed by atoms with van der Waals surface area (Å²) in [5, 5.41) is 9.87. The number of nitrogen functional groups attached to an aromatic ring is 1. The second kappa shape index (κ2) is 8.09. The quantitative estimate of drug-likeness (QED) is 0.540. The van der Waals surface area contributed by atoms with Gasteiger partial charge in [-0.3, -0.25) is 0 Å². The zero-order valence-electron chi connectivity index (χ0n) is 10.6. The maximum absolute atomic E-state index is 9.87. The predicted octanol–water partition coefficient (Wildman–Crippen LogP) is 2.90. The van der Waals surface area contributed by atoms with E-state index in [0.717, 1.165) is 18.6 Å². The monoisotopic (exact) mass is 237 g/mol. The number of rotatable bonds is 8. The van der Waals surface area contributed by atoms with Crippen molar-refractivity contribution in [1.29, 1.82) is 0 Å². The number of ether oxygens (including phenoxy) is 1. The molecule has 96 valence electrons. The van der Waals surface area contributed by atoms with Gasteiger partial charge in [-0.2, -0.15) is 0 Å². The first kappa shape index (κ1) is 14.0. The number of anilines is 1. The maximum Gasteiger partial charge on any atom is 0.102 e. The van der Waals surface area contributed by atoms with Gasteiger partial charge in [0.05, 0.1) is 6.61 Å². The fourth-order valence-corrected chi connectivity index (χ4v) is 1.69. The fraction of sp³-hybridized carbons (Fsp3) is 0.571. The summed E-state index contributed by atoms with van der Waals surface area (Å²) in [5.74, 6) is 0. The van der Waals surface area contributed by atoms with Crippen molar-refractivity contribution >= 4 is 5.69 Å². The number of nitrogens with two attached hydrogens (primary N) is 1. The van der Waals surface area contributed by atoms with E-state index in [9.17, 15) is 5.11 Å². The Kier molecular flexibility index (Phi) is 6.67. The smallest absolute Gasteiger partial charge is 0.102 e. The Morgan fingerprint density at radius 1 is 1.29 bits per heavy atom. The van der Waals surface area contributed by atoms with Crippen LogP contribution in [0.4, 0.5) is 5.69 Å². The van der Waals surface area contributed by atoms with Gasteiger partial charge in [0.25, 0.3) is 0 Å². The Hall–Kier alpha value is -1.06. The molecule has 0 aromatic heterocycles. The summed E-state index contributed by atoms with van der Waals surface area (Å²) in [4.78, 5) is 0. The molecule has 1 unspecified atom stereocenters. The largest absolute Gasteiger partial charge is 0.399 e. The molecule has 3 N–H and O–H groups in total. The minimum atomic E-state index is -0.579. The molecule has 0 amide bonds. The lowest BCUT2D eigenvalue weighted by Crippen LogP contribution is -2.08. The van der Waals surface area contributed by atoms with Crippen LogP contribution in [-0.2, 0) is 4.74 Å². The number of benzene rings is 1. The average Bonchev–Trinajstić information content (AvgIpc) is 2.33. The third kappa shape index (κ3) is 5.71. The second-order valence-corrected chi connectivity index (χ2v) is 4.32. The molecule has 0 spiro atoms. The molecule has 0 aliphatic carbocycles. The van der Waals surface area contributed by atoms with E-state index < -0.39 is 6.10 Å². The van der Waals surface area contributed by atoms with Crippen LogP contribution in [0.25, 0.3) is 0 Å². The number of hydrogen-bond acceptors (Lipinski definition) is 3. The average molecular weight is 237 g/mol. The Balaban J connectivity index is 2.19. The van der Waals surface area contributed by atoms with Gasteiger partial charge in [-0.15, -0.1) is 0 Å². The highest BCUT2D eigenvalue weighted by Crippen LogP contribution is 2.16. The Labute approximate surface area is 104 Å². The van der Waals surface area contributed by atoms with Crippen LogP contribution in [-0.4, -0.2) is 18.3 Å². The summed E-state index contributed by atoms with van der Waals surface area (Å²) < 4.78 is 5.45. The summed E-state index contributed by atoms with van der Waals surface area (Å²) in [6, 6.07) is 7.30. The molecule has 1 atom stereocenters. The topological polar surface area (TPSA) is 55.5 Å². The van der Waals surface area contributed by atoms with Gasteiger partial charge in [-0.05, 0) is 24.1 Å². The second-order valence-electron chi connectivity index (χ2n) is 4.32. The normalized spacial score (nSPS) is 12.6. The van der Waals surface area contributed by atoms with Crippen LogP contribution < -0.4 is 5.73 Å². The molecule has 0 fully saturated rings. The van der Waals surface area contributed by atoms with E-state index in [1.54, 1.807) is 6.07 Å². The molecule has 1 aromatic carbocycles. The van der Waals surface area contributed by atoms with E-state index in [4.69, 9.17) is 10.5 Å². The van der Waals surface area contributed by atoms with Crippen molar-refractivity contribution in [3.63, 3.8) is 0 Å². The van der Waals surface area contributed by atoms with Crippen molar-refractivity contribution in [2.75, 3.05) is 18.9 Å². The molecule has 0 bridgehead atoms.